The quantitative estimate of drug-likeness (QED) is 0.0606. The van der Waals surface area contributed by atoms with Gasteiger partial charge in [0, 0.05) is 27.3 Å². The molecular formula is C41H62N4O12. The molecule has 16 heteroatoms. The van der Waals surface area contributed by atoms with Crippen molar-refractivity contribution in [1.29, 1.82) is 0 Å². The fourth-order valence-corrected chi connectivity index (χ4v) is 5.24. The number of nitrogens with one attached hydrogen (secondary N) is 4. The Kier molecular flexibility index (Phi) is 27.9. The highest BCUT2D eigenvalue weighted by molar-refractivity contribution is 5.88. The van der Waals surface area contributed by atoms with Gasteiger partial charge in [0.15, 0.2) is 0 Å². The van der Waals surface area contributed by atoms with Crippen molar-refractivity contribution in [2.75, 3.05) is 93.4 Å². The lowest BCUT2D eigenvalue weighted by Gasteiger charge is -2.18. The molecule has 0 aliphatic heterocycles. The fourth-order valence-electron chi connectivity index (χ4n) is 5.24. The van der Waals surface area contributed by atoms with Gasteiger partial charge in [0.1, 0.15) is 19.3 Å². The van der Waals surface area contributed by atoms with Crippen molar-refractivity contribution in [3.63, 3.8) is 0 Å². The zero-order valence-electron chi connectivity index (χ0n) is 33.5. The van der Waals surface area contributed by atoms with Gasteiger partial charge >= 0.3 is 5.97 Å². The molecule has 0 spiro atoms. The van der Waals surface area contributed by atoms with E-state index >= 15 is 0 Å². The van der Waals surface area contributed by atoms with E-state index in [-0.39, 0.29) is 64.7 Å². The van der Waals surface area contributed by atoms with Crippen molar-refractivity contribution in [2.24, 2.45) is 0 Å². The summed E-state index contributed by atoms with van der Waals surface area (Å²) in [6, 6.07) is 17.3. The van der Waals surface area contributed by atoms with Crippen molar-refractivity contribution in [1.82, 2.24) is 21.4 Å². The van der Waals surface area contributed by atoms with E-state index in [1.807, 2.05) is 30.3 Å². The van der Waals surface area contributed by atoms with Gasteiger partial charge in [-0.05, 0) is 61.6 Å². The van der Waals surface area contributed by atoms with Crippen LogP contribution in [0, 0.1) is 0 Å². The molecule has 4 amide bonds. The Morgan fingerprint density at radius 3 is 1.75 bits per heavy atom. The Morgan fingerprint density at radius 1 is 0.561 bits per heavy atom. The highest BCUT2D eigenvalue weighted by Gasteiger charge is 2.21. The van der Waals surface area contributed by atoms with E-state index in [2.05, 4.69) is 45.7 Å². The minimum atomic E-state index is -0.924. The van der Waals surface area contributed by atoms with E-state index in [9.17, 15) is 24.0 Å². The molecule has 0 saturated carbocycles. The summed E-state index contributed by atoms with van der Waals surface area (Å²) in [5, 5.41) is 8.05. The Labute approximate surface area is 336 Å². The Morgan fingerprint density at radius 2 is 1.12 bits per heavy atom. The highest BCUT2D eigenvalue weighted by Crippen LogP contribution is 2.11. The van der Waals surface area contributed by atoms with E-state index < -0.39 is 29.7 Å². The normalized spacial score (nSPS) is 11.4. The molecule has 16 nitrogen and oxygen atoms in total. The highest BCUT2D eigenvalue weighted by atomic mass is 16.7. The van der Waals surface area contributed by atoms with Crippen LogP contribution in [-0.2, 0) is 76.5 Å². The third-order valence-electron chi connectivity index (χ3n) is 8.29. The van der Waals surface area contributed by atoms with Crippen LogP contribution in [0.3, 0.4) is 0 Å². The average Bonchev–Trinajstić information content (AvgIpc) is 3.21. The van der Waals surface area contributed by atoms with E-state index in [1.165, 1.54) is 11.1 Å². The van der Waals surface area contributed by atoms with Gasteiger partial charge in [0.2, 0.25) is 17.7 Å². The fraction of sp³-hybridized carbons (Fsp3) is 0.585. The number of carbonyl (C=O) groups excluding carboxylic acids is 5. The monoisotopic (exact) mass is 802 g/mol. The standard InChI is InChI=1S/C41H62N4O12/c1-51-22-24-53-26-28-55-31-38(47)42-20-9-8-14-36(44-39(48)32-56-29-27-54-25-23-52-2)41(50)43-21-19-40(49)57-45-37(46)30-35-17-15-34(16-18-35)13-7-6-12-33-10-4-3-5-11-33/h3-5,10-11,15-18,36H,6-9,12-14,19-32H2,1-2H3,(H,42,47)(H,43,50)(H,44,48)(H,45,46)/t36-/m0/s1. The Balaban J connectivity index is 1.68. The number of unbranched alkanes of at least 4 members (excludes halogenated alkanes) is 2. The van der Waals surface area contributed by atoms with E-state index in [1.54, 1.807) is 14.2 Å². The summed E-state index contributed by atoms with van der Waals surface area (Å²) in [4.78, 5) is 67.3. The first kappa shape index (κ1) is 48.7. The molecule has 2 aromatic carbocycles. The van der Waals surface area contributed by atoms with Crippen molar-refractivity contribution in [3.8, 4) is 0 Å². The SMILES string of the molecule is COCCOCCOCC(=O)NCCCC[C@H](NC(=O)COCCOCCOC)C(=O)NCCC(=O)ONC(=O)Cc1ccc(CCCCc2ccccc2)cc1. The number of benzene rings is 2. The van der Waals surface area contributed by atoms with Crippen molar-refractivity contribution >= 4 is 29.6 Å². The lowest BCUT2D eigenvalue weighted by Crippen LogP contribution is -2.48. The van der Waals surface area contributed by atoms with Gasteiger partial charge in [-0.1, -0.05) is 54.6 Å². The number of methoxy groups -OCH3 is 2. The van der Waals surface area contributed by atoms with Crippen LogP contribution in [0.5, 0.6) is 0 Å². The molecule has 0 unspecified atom stereocenters. The third-order valence-corrected chi connectivity index (χ3v) is 8.29. The summed E-state index contributed by atoms with van der Waals surface area (Å²) in [5.41, 5.74) is 5.47. The smallest absolute Gasteiger partial charge is 0.334 e. The molecule has 2 rings (SSSR count). The molecule has 0 bridgehead atoms. The molecule has 0 heterocycles. The van der Waals surface area contributed by atoms with Crippen LogP contribution < -0.4 is 21.4 Å². The van der Waals surface area contributed by atoms with Gasteiger partial charge in [-0.3, -0.25) is 19.2 Å². The van der Waals surface area contributed by atoms with Crippen LogP contribution in [0.4, 0.5) is 0 Å². The van der Waals surface area contributed by atoms with Crippen LogP contribution in [0.25, 0.3) is 0 Å². The molecule has 0 aliphatic rings. The first-order chi connectivity index (χ1) is 27.8. The van der Waals surface area contributed by atoms with Crippen LogP contribution in [0.15, 0.2) is 54.6 Å². The largest absolute Gasteiger partial charge is 0.382 e. The van der Waals surface area contributed by atoms with Gasteiger partial charge in [-0.25, -0.2) is 4.79 Å². The van der Waals surface area contributed by atoms with Gasteiger partial charge < -0.3 is 49.2 Å². The molecular weight excluding hydrogens is 740 g/mol. The number of hydrogen-bond donors (Lipinski definition) is 4. The number of carbonyl (C=O) groups is 5. The second-order valence-electron chi connectivity index (χ2n) is 13.0. The first-order valence-electron chi connectivity index (χ1n) is 19.5. The first-order valence-corrected chi connectivity index (χ1v) is 19.5. The molecule has 0 aromatic heterocycles. The zero-order chi connectivity index (χ0) is 41.2. The second kappa shape index (κ2) is 32.6. The number of hydroxylamine groups is 1. The van der Waals surface area contributed by atoms with Gasteiger partial charge in [-0.15, -0.1) is 0 Å². The van der Waals surface area contributed by atoms with E-state index in [0.29, 0.717) is 52.4 Å². The summed E-state index contributed by atoms with van der Waals surface area (Å²) in [7, 11) is 3.15. The van der Waals surface area contributed by atoms with Crippen molar-refractivity contribution < 1.29 is 57.2 Å². The second-order valence-corrected chi connectivity index (χ2v) is 13.0. The summed E-state index contributed by atoms with van der Waals surface area (Å²) in [6.45, 7) is 2.72. The molecule has 4 N–H and O–H groups in total. The van der Waals surface area contributed by atoms with Crippen molar-refractivity contribution in [3.05, 3.63) is 71.3 Å². The van der Waals surface area contributed by atoms with E-state index in [0.717, 1.165) is 31.2 Å². The Hall–Kier alpha value is -4.45. The lowest BCUT2D eigenvalue weighted by atomic mass is 10.0. The maximum atomic E-state index is 13.0. The predicted molar refractivity (Wildman–Crippen MR) is 211 cm³/mol. The number of rotatable bonds is 33. The molecule has 318 valence electrons. The summed E-state index contributed by atoms with van der Waals surface area (Å²) < 4.78 is 31.0. The summed E-state index contributed by atoms with van der Waals surface area (Å²) in [5.74, 6) is -2.51. The maximum absolute atomic E-state index is 13.0. The predicted octanol–water partition coefficient (Wildman–Crippen LogP) is 2.01. The van der Waals surface area contributed by atoms with Crippen LogP contribution in [0.2, 0.25) is 0 Å². The summed E-state index contributed by atoms with van der Waals surface area (Å²) >= 11 is 0. The van der Waals surface area contributed by atoms with Crippen molar-refractivity contribution in [2.45, 2.75) is 63.8 Å². The Bertz CT molecular complexity index is 1400. The summed E-state index contributed by atoms with van der Waals surface area (Å²) in [6.07, 6.45) is 5.26. The molecule has 2 aromatic rings. The lowest BCUT2D eigenvalue weighted by molar-refractivity contribution is -0.158. The number of ether oxygens (including phenoxy) is 6. The third kappa shape index (κ3) is 26.2. The van der Waals surface area contributed by atoms with Gasteiger partial charge in [0.05, 0.1) is 65.7 Å². The van der Waals surface area contributed by atoms with Crippen LogP contribution in [0.1, 0.15) is 55.2 Å². The number of amides is 4. The molecule has 0 radical (unpaired) electrons. The molecule has 57 heavy (non-hydrogen) atoms. The number of aryl methyl sites for hydroxylation is 2. The maximum Gasteiger partial charge on any atom is 0.334 e. The molecule has 1 atom stereocenters. The molecule has 0 aliphatic carbocycles. The van der Waals surface area contributed by atoms with Crippen LogP contribution in [-0.4, -0.2) is 129 Å². The topological polar surface area (TPSA) is 198 Å². The van der Waals surface area contributed by atoms with Gasteiger partial charge in [-0.2, -0.15) is 5.48 Å². The van der Waals surface area contributed by atoms with Gasteiger partial charge in [0.25, 0.3) is 5.91 Å². The van der Waals surface area contributed by atoms with E-state index in [4.69, 9.17) is 33.3 Å². The zero-order valence-corrected chi connectivity index (χ0v) is 33.5. The molecule has 0 saturated heterocycles. The average molecular weight is 803 g/mol. The minimum Gasteiger partial charge on any atom is -0.382 e. The minimum absolute atomic E-state index is 0.0345. The van der Waals surface area contributed by atoms with Crippen LogP contribution >= 0.6 is 0 Å². The molecule has 0 fully saturated rings. The number of hydrogen-bond acceptors (Lipinski definition) is 12.